The van der Waals surface area contributed by atoms with Crippen molar-refractivity contribution < 1.29 is 8.78 Å². The van der Waals surface area contributed by atoms with E-state index in [4.69, 9.17) is 5.73 Å². The molecule has 0 fully saturated rings. The van der Waals surface area contributed by atoms with Crippen LogP contribution in [0.1, 0.15) is 13.8 Å². The first kappa shape index (κ1) is 12.9. The molecule has 0 atom stereocenters. The van der Waals surface area contributed by atoms with Gasteiger partial charge in [0, 0.05) is 12.1 Å². The first-order valence-electron chi connectivity index (χ1n) is 4.65. The summed E-state index contributed by atoms with van der Waals surface area (Å²) in [5.41, 5.74) is 5.46. The molecule has 0 bridgehead atoms. The van der Waals surface area contributed by atoms with E-state index < -0.39 is 11.6 Å². The van der Waals surface area contributed by atoms with E-state index in [1.165, 1.54) is 0 Å². The molecule has 16 heavy (non-hydrogen) atoms. The van der Waals surface area contributed by atoms with Gasteiger partial charge in [0.2, 0.25) is 0 Å². The molecule has 1 aromatic rings. The highest BCUT2D eigenvalue weighted by atomic mass is 79.9. The molecule has 0 unspecified atom stereocenters. The van der Waals surface area contributed by atoms with Crippen LogP contribution < -0.4 is 11.1 Å². The maximum Gasteiger partial charge on any atom is 0.193 e. The van der Waals surface area contributed by atoms with E-state index in [-0.39, 0.29) is 22.2 Å². The second kappa shape index (κ2) is 5.25. The molecule has 1 rings (SSSR count). The average molecular weight is 292 g/mol. The minimum absolute atomic E-state index is 0.0177. The predicted octanol–water partition coefficient (Wildman–Crippen LogP) is 2.86. The van der Waals surface area contributed by atoms with Crippen molar-refractivity contribution >= 4 is 27.6 Å². The second-order valence-electron chi connectivity index (χ2n) is 3.48. The molecule has 3 nitrogen and oxygen atoms in total. The summed E-state index contributed by atoms with van der Waals surface area (Å²) >= 11 is 2.88. The van der Waals surface area contributed by atoms with Crippen molar-refractivity contribution in [2.45, 2.75) is 19.9 Å². The highest BCUT2D eigenvalue weighted by molar-refractivity contribution is 9.10. The largest absolute Gasteiger partial charge is 0.370 e. The van der Waals surface area contributed by atoms with Crippen molar-refractivity contribution in [1.82, 2.24) is 0 Å². The average Bonchev–Trinajstić information content (AvgIpc) is 2.12. The van der Waals surface area contributed by atoms with Crippen molar-refractivity contribution in [2.75, 3.05) is 5.32 Å². The molecule has 3 N–H and O–H groups in total. The minimum Gasteiger partial charge on any atom is -0.370 e. The van der Waals surface area contributed by atoms with Gasteiger partial charge in [0.05, 0.1) is 10.2 Å². The maximum atomic E-state index is 13.4. The lowest BCUT2D eigenvalue weighted by molar-refractivity contribution is 0.598. The van der Waals surface area contributed by atoms with Crippen molar-refractivity contribution in [3.8, 4) is 0 Å². The van der Waals surface area contributed by atoms with Gasteiger partial charge in [0.25, 0.3) is 0 Å². The van der Waals surface area contributed by atoms with Crippen LogP contribution in [0.3, 0.4) is 0 Å². The van der Waals surface area contributed by atoms with Crippen LogP contribution in [0.4, 0.5) is 14.5 Å². The Morgan fingerprint density at radius 3 is 2.56 bits per heavy atom. The molecule has 88 valence electrons. The zero-order chi connectivity index (χ0) is 12.3. The summed E-state index contributed by atoms with van der Waals surface area (Å²) in [6.07, 6.45) is 0. The summed E-state index contributed by atoms with van der Waals surface area (Å²) < 4.78 is 26.6. The highest BCUT2D eigenvalue weighted by Gasteiger charge is 2.08. The standard InChI is InChI=1S/C10H12BrF2N3/c1-5(2)15-10(14)16-9-4-7(12)6(11)3-8(9)13/h3-5H,1-2H3,(H3,14,15,16). The number of guanidine groups is 1. The minimum atomic E-state index is -0.602. The van der Waals surface area contributed by atoms with E-state index in [1.807, 2.05) is 13.8 Å². The number of halogens is 3. The molecule has 0 aliphatic carbocycles. The number of hydrogen-bond donors (Lipinski definition) is 2. The third-order valence-electron chi connectivity index (χ3n) is 1.67. The Hall–Kier alpha value is -1.17. The van der Waals surface area contributed by atoms with Crippen LogP contribution >= 0.6 is 15.9 Å². The van der Waals surface area contributed by atoms with Crippen LogP contribution in [-0.2, 0) is 0 Å². The molecule has 0 aliphatic heterocycles. The van der Waals surface area contributed by atoms with Gasteiger partial charge < -0.3 is 11.1 Å². The van der Waals surface area contributed by atoms with Crippen LogP contribution in [0.15, 0.2) is 21.6 Å². The van der Waals surface area contributed by atoms with Crippen LogP contribution in [-0.4, -0.2) is 12.0 Å². The summed E-state index contributed by atoms with van der Waals surface area (Å²) in [5.74, 6) is -1.12. The van der Waals surface area contributed by atoms with Crippen LogP contribution in [0.5, 0.6) is 0 Å². The van der Waals surface area contributed by atoms with Crippen LogP contribution in [0.25, 0.3) is 0 Å². The second-order valence-corrected chi connectivity index (χ2v) is 4.33. The maximum absolute atomic E-state index is 13.4. The van der Waals surface area contributed by atoms with Gasteiger partial charge in [-0.15, -0.1) is 0 Å². The van der Waals surface area contributed by atoms with Crippen molar-refractivity contribution in [2.24, 2.45) is 10.7 Å². The summed E-state index contributed by atoms with van der Waals surface area (Å²) in [6.45, 7) is 3.65. The summed E-state index contributed by atoms with van der Waals surface area (Å²) in [5, 5.41) is 2.50. The number of rotatable bonds is 2. The number of hydrogen-bond acceptors (Lipinski definition) is 1. The lowest BCUT2D eigenvalue weighted by Gasteiger charge is -2.08. The van der Waals surface area contributed by atoms with Gasteiger partial charge in [-0.1, -0.05) is 0 Å². The van der Waals surface area contributed by atoms with Gasteiger partial charge in [-0.05, 0) is 35.8 Å². The monoisotopic (exact) mass is 291 g/mol. The van der Waals surface area contributed by atoms with Gasteiger partial charge in [-0.3, -0.25) is 4.99 Å². The van der Waals surface area contributed by atoms with Gasteiger partial charge in [0.15, 0.2) is 5.96 Å². The molecule has 0 aliphatic rings. The van der Waals surface area contributed by atoms with Gasteiger partial charge in [-0.2, -0.15) is 0 Å². The lowest BCUT2D eigenvalue weighted by Crippen LogP contribution is -2.24. The predicted molar refractivity (Wildman–Crippen MR) is 64.4 cm³/mol. The Balaban J connectivity index is 2.94. The molecular formula is C10H12BrF2N3. The van der Waals surface area contributed by atoms with Crippen LogP contribution in [0.2, 0.25) is 0 Å². The Labute approximate surface area is 101 Å². The molecule has 1 aromatic carbocycles. The van der Waals surface area contributed by atoms with E-state index in [0.717, 1.165) is 12.1 Å². The zero-order valence-corrected chi connectivity index (χ0v) is 10.5. The number of nitrogens with one attached hydrogen (secondary N) is 1. The first-order valence-corrected chi connectivity index (χ1v) is 5.44. The number of aliphatic imine (C=N–C) groups is 1. The Morgan fingerprint density at radius 2 is 2.00 bits per heavy atom. The number of anilines is 1. The van der Waals surface area contributed by atoms with Crippen LogP contribution in [0, 0.1) is 11.6 Å². The zero-order valence-electron chi connectivity index (χ0n) is 8.89. The van der Waals surface area contributed by atoms with E-state index in [9.17, 15) is 8.78 Å². The number of nitrogens with zero attached hydrogens (tertiary/aromatic N) is 1. The molecule has 0 amide bonds. The van der Waals surface area contributed by atoms with Gasteiger partial charge in [-0.25, -0.2) is 8.78 Å². The molecule has 6 heteroatoms. The van der Waals surface area contributed by atoms with Gasteiger partial charge in [0.1, 0.15) is 11.6 Å². The topological polar surface area (TPSA) is 50.4 Å². The molecule has 0 spiro atoms. The van der Waals surface area contributed by atoms with E-state index in [1.54, 1.807) is 0 Å². The Bertz CT molecular complexity index is 419. The molecule has 0 aromatic heterocycles. The lowest BCUT2D eigenvalue weighted by atomic mass is 10.3. The Morgan fingerprint density at radius 1 is 1.38 bits per heavy atom. The molecule has 0 saturated carbocycles. The number of nitrogens with two attached hydrogens (primary N) is 1. The Kier molecular flexibility index (Phi) is 4.23. The molecular weight excluding hydrogens is 280 g/mol. The third kappa shape index (κ3) is 3.44. The normalized spacial score (nSPS) is 12.0. The fraction of sp³-hybridized carbons (Fsp3) is 0.300. The van der Waals surface area contributed by atoms with E-state index in [2.05, 4.69) is 26.2 Å². The summed E-state index contributed by atoms with van der Waals surface area (Å²) in [7, 11) is 0. The summed E-state index contributed by atoms with van der Waals surface area (Å²) in [4.78, 5) is 3.95. The fourth-order valence-electron chi connectivity index (χ4n) is 1.07. The molecule has 0 saturated heterocycles. The van der Waals surface area contributed by atoms with Crippen molar-refractivity contribution in [3.05, 3.63) is 28.2 Å². The van der Waals surface area contributed by atoms with Gasteiger partial charge >= 0.3 is 0 Å². The van der Waals surface area contributed by atoms with E-state index in [0.29, 0.717) is 0 Å². The molecule has 0 radical (unpaired) electrons. The first-order chi connectivity index (χ1) is 7.40. The van der Waals surface area contributed by atoms with Crippen molar-refractivity contribution in [1.29, 1.82) is 0 Å². The number of benzene rings is 1. The molecule has 0 heterocycles. The quantitative estimate of drug-likeness (QED) is 0.500. The SMILES string of the molecule is CC(C)N=C(N)Nc1cc(F)c(Br)cc1F. The smallest absolute Gasteiger partial charge is 0.193 e. The summed E-state index contributed by atoms with van der Waals surface area (Å²) in [6, 6.07) is 2.03. The third-order valence-corrected chi connectivity index (χ3v) is 2.28. The van der Waals surface area contributed by atoms with Crippen molar-refractivity contribution in [3.63, 3.8) is 0 Å². The fourth-order valence-corrected chi connectivity index (χ4v) is 1.38. The highest BCUT2D eigenvalue weighted by Crippen LogP contribution is 2.23. The van der Waals surface area contributed by atoms with E-state index >= 15 is 0 Å².